The number of nitrogen functional groups attached to an aromatic ring is 1. The van der Waals surface area contributed by atoms with Crippen molar-refractivity contribution in [2.75, 3.05) is 12.3 Å². The molecule has 0 aliphatic carbocycles. The molecule has 2 N–H and O–H groups in total. The molecule has 0 radical (unpaired) electrons. The first-order valence-electron chi connectivity index (χ1n) is 7.47. The van der Waals surface area contributed by atoms with E-state index in [4.69, 9.17) is 15.2 Å². The van der Waals surface area contributed by atoms with Gasteiger partial charge in [-0.05, 0) is 38.3 Å². The van der Waals surface area contributed by atoms with Gasteiger partial charge in [-0.15, -0.1) is 0 Å². The van der Waals surface area contributed by atoms with Crippen molar-refractivity contribution in [3.63, 3.8) is 0 Å². The van der Waals surface area contributed by atoms with Crippen LogP contribution in [0.2, 0.25) is 0 Å². The lowest BCUT2D eigenvalue weighted by Gasteiger charge is -2.20. The van der Waals surface area contributed by atoms with Gasteiger partial charge in [-0.2, -0.15) is 0 Å². The second-order valence-electron chi connectivity index (χ2n) is 6.36. The Morgan fingerprint density at radius 2 is 2.19 bits per heavy atom. The molecule has 1 aliphatic heterocycles. The minimum absolute atomic E-state index is 0.158. The van der Waals surface area contributed by atoms with Gasteiger partial charge < -0.3 is 19.8 Å². The van der Waals surface area contributed by atoms with Gasteiger partial charge in [0.25, 0.3) is 0 Å². The number of benzene rings is 1. The Bertz CT molecular complexity index is 635. The van der Waals surface area contributed by atoms with Crippen LogP contribution in [0, 0.1) is 5.92 Å². The maximum absolute atomic E-state index is 6.05. The monoisotopic (exact) mass is 289 g/mol. The van der Waals surface area contributed by atoms with E-state index in [1.165, 1.54) is 0 Å². The second kappa shape index (κ2) is 5.31. The zero-order valence-electron chi connectivity index (χ0n) is 12.9. The molecule has 2 heterocycles. The topological polar surface area (TPSA) is 62.3 Å². The lowest BCUT2D eigenvalue weighted by molar-refractivity contribution is -0.140. The fourth-order valence-electron chi connectivity index (χ4n) is 3.00. The Morgan fingerprint density at radius 1 is 1.43 bits per heavy atom. The van der Waals surface area contributed by atoms with Crippen molar-refractivity contribution in [2.45, 2.75) is 45.6 Å². The number of anilines is 1. The van der Waals surface area contributed by atoms with Crippen LogP contribution in [0.15, 0.2) is 24.3 Å². The summed E-state index contributed by atoms with van der Waals surface area (Å²) in [6.07, 6.45) is 1.11. The number of fused-ring (bicyclic) bond motifs is 1. The third kappa shape index (κ3) is 3.04. The number of rotatable bonds is 4. The smallest absolute Gasteiger partial charge is 0.201 e. The van der Waals surface area contributed by atoms with Crippen LogP contribution in [-0.2, 0) is 16.0 Å². The molecule has 1 fully saturated rings. The molecule has 5 heteroatoms. The predicted octanol–water partition coefficient (Wildman–Crippen LogP) is 2.80. The van der Waals surface area contributed by atoms with Crippen molar-refractivity contribution in [2.24, 2.45) is 5.92 Å². The van der Waals surface area contributed by atoms with E-state index >= 15 is 0 Å². The normalized spacial score (nSPS) is 22.7. The Hall–Kier alpha value is -1.59. The Morgan fingerprint density at radius 3 is 2.90 bits per heavy atom. The third-order valence-corrected chi connectivity index (χ3v) is 3.91. The van der Waals surface area contributed by atoms with Gasteiger partial charge in [-0.25, -0.2) is 4.98 Å². The zero-order chi connectivity index (χ0) is 15.0. The van der Waals surface area contributed by atoms with Crippen LogP contribution < -0.4 is 5.73 Å². The minimum Gasteiger partial charge on any atom is -0.369 e. The molecular weight excluding hydrogens is 266 g/mol. The minimum atomic E-state index is -0.453. The molecule has 0 bridgehead atoms. The number of nitrogens with two attached hydrogens (primary N) is 1. The van der Waals surface area contributed by atoms with Crippen molar-refractivity contribution < 1.29 is 9.47 Å². The van der Waals surface area contributed by atoms with Crippen molar-refractivity contribution >= 4 is 17.0 Å². The molecule has 21 heavy (non-hydrogen) atoms. The van der Waals surface area contributed by atoms with Crippen LogP contribution in [0.5, 0.6) is 0 Å². The van der Waals surface area contributed by atoms with Crippen LogP contribution in [-0.4, -0.2) is 28.0 Å². The SMILES string of the molecule is C[C@H](CC1COC(C)(C)O1)Cn1c(N)nc2ccccc21. The number of ether oxygens (including phenoxy) is 2. The average Bonchev–Trinajstić information content (AvgIpc) is 2.90. The highest BCUT2D eigenvalue weighted by molar-refractivity contribution is 5.78. The quantitative estimate of drug-likeness (QED) is 0.940. The van der Waals surface area contributed by atoms with Gasteiger partial charge in [0.2, 0.25) is 5.95 Å². The van der Waals surface area contributed by atoms with Gasteiger partial charge >= 0.3 is 0 Å². The van der Waals surface area contributed by atoms with E-state index < -0.39 is 5.79 Å². The first-order valence-corrected chi connectivity index (χ1v) is 7.47. The first kappa shape index (κ1) is 14.4. The summed E-state index contributed by atoms with van der Waals surface area (Å²) in [5, 5.41) is 0. The van der Waals surface area contributed by atoms with Crippen LogP contribution in [0.4, 0.5) is 5.95 Å². The van der Waals surface area contributed by atoms with Gasteiger partial charge in [-0.3, -0.25) is 0 Å². The standard InChI is InChI=1S/C16H23N3O2/c1-11(8-12-10-20-16(2,3)21-12)9-19-14-7-5-4-6-13(14)18-15(19)17/h4-7,11-12H,8-10H2,1-3H3,(H2,17,18)/t11-,12?/m1/s1. The lowest BCUT2D eigenvalue weighted by Crippen LogP contribution is -2.23. The highest BCUT2D eigenvalue weighted by Gasteiger charge is 2.33. The van der Waals surface area contributed by atoms with E-state index in [9.17, 15) is 0 Å². The van der Waals surface area contributed by atoms with Gasteiger partial charge in [0.05, 0.1) is 23.7 Å². The highest BCUT2D eigenvalue weighted by atomic mass is 16.7. The Labute approximate surface area is 125 Å². The summed E-state index contributed by atoms with van der Waals surface area (Å²) in [6, 6.07) is 8.04. The second-order valence-corrected chi connectivity index (χ2v) is 6.36. The van der Waals surface area contributed by atoms with Gasteiger partial charge in [-0.1, -0.05) is 19.1 Å². The number of para-hydroxylation sites is 2. The maximum Gasteiger partial charge on any atom is 0.201 e. The van der Waals surface area contributed by atoms with Gasteiger partial charge in [0.1, 0.15) is 0 Å². The summed E-state index contributed by atoms with van der Waals surface area (Å²) in [6.45, 7) is 7.63. The molecule has 114 valence electrons. The van der Waals surface area contributed by atoms with Gasteiger partial charge in [0.15, 0.2) is 5.79 Å². The molecule has 1 aromatic carbocycles. The van der Waals surface area contributed by atoms with E-state index in [2.05, 4.69) is 22.5 Å². The summed E-state index contributed by atoms with van der Waals surface area (Å²) in [5.41, 5.74) is 8.09. The average molecular weight is 289 g/mol. The maximum atomic E-state index is 6.05. The highest BCUT2D eigenvalue weighted by Crippen LogP contribution is 2.27. The molecule has 0 spiro atoms. The number of hydrogen-bond acceptors (Lipinski definition) is 4. The largest absolute Gasteiger partial charge is 0.369 e. The number of nitrogens with zero attached hydrogens (tertiary/aromatic N) is 2. The fraction of sp³-hybridized carbons (Fsp3) is 0.562. The first-order chi connectivity index (χ1) is 9.94. The summed E-state index contributed by atoms with van der Waals surface area (Å²) >= 11 is 0. The molecule has 0 amide bonds. The summed E-state index contributed by atoms with van der Waals surface area (Å²) in [5.74, 6) is 0.560. The lowest BCUT2D eigenvalue weighted by atomic mass is 10.0. The Kier molecular flexibility index (Phi) is 3.63. The summed E-state index contributed by atoms with van der Waals surface area (Å²) in [4.78, 5) is 4.41. The molecule has 1 aliphatic rings. The van der Waals surface area contributed by atoms with Crippen LogP contribution in [0.3, 0.4) is 0 Å². The van der Waals surface area contributed by atoms with E-state index in [0.717, 1.165) is 24.0 Å². The van der Waals surface area contributed by atoms with Crippen molar-refractivity contribution in [3.05, 3.63) is 24.3 Å². The van der Waals surface area contributed by atoms with Crippen molar-refractivity contribution in [1.82, 2.24) is 9.55 Å². The molecule has 2 atom stereocenters. The number of hydrogen-bond donors (Lipinski definition) is 1. The predicted molar refractivity (Wildman–Crippen MR) is 82.8 cm³/mol. The van der Waals surface area contributed by atoms with Crippen LogP contribution in [0.25, 0.3) is 11.0 Å². The van der Waals surface area contributed by atoms with Crippen molar-refractivity contribution in [1.29, 1.82) is 0 Å². The van der Waals surface area contributed by atoms with Crippen molar-refractivity contribution in [3.8, 4) is 0 Å². The van der Waals surface area contributed by atoms with E-state index in [0.29, 0.717) is 18.5 Å². The molecule has 5 nitrogen and oxygen atoms in total. The van der Waals surface area contributed by atoms with Crippen LogP contribution >= 0.6 is 0 Å². The van der Waals surface area contributed by atoms with Crippen LogP contribution in [0.1, 0.15) is 27.2 Å². The number of imidazole rings is 1. The molecule has 1 unspecified atom stereocenters. The summed E-state index contributed by atoms with van der Waals surface area (Å²) in [7, 11) is 0. The molecule has 0 saturated carbocycles. The van der Waals surface area contributed by atoms with E-state index in [-0.39, 0.29) is 6.10 Å². The summed E-state index contributed by atoms with van der Waals surface area (Å²) < 4.78 is 13.6. The van der Waals surface area contributed by atoms with E-state index in [1.807, 2.05) is 32.0 Å². The molecule has 2 aromatic rings. The zero-order valence-corrected chi connectivity index (χ0v) is 12.9. The van der Waals surface area contributed by atoms with E-state index in [1.54, 1.807) is 0 Å². The molecular formula is C16H23N3O2. The fourth-order valence-corrected chi connectivity index (χ4v) is 3.00. The molecule has 3 rings (SSSR count). The number of aromatic nitrogens is 2. The third-order valence-electron chi connectivity index (χ3n) is 3.91. The van der Waals surface area contributed by atoms with Gasteiger partial charge in [0, 0.05) is 6.54 Å². The Balaban J connectivity index is 1.69. The molecule has 1 saturated heterocycles. The molecule has 1 aromatic heterocycles.